The highest BCUT2D eigenvalue weighted by atomic mass is 19.1. The van der Waals surface area contributed by atoms with Gasteiger partial charge in [0.2, 0.25) is 0 Å². The van der Waals surface area contributed by atoms with Crippen molar-refractivity contribution in [3.05, 3.63) is 48.4 Å². The minimum absolute atomic E-state index is 0.305. The van der Waals surface area contributed by atoms with Crippen LogP contribution in [-0.2, 0) is 0 Å². The van der Waals surface area contributed by atoms with E-state index in [9.17, 15) is 4.39 Å². The molecule has 3 rings (SSSR count). The van der Waals surface area contributed by atoms with Crippen molar-refractivity contribution in [2.75, 3.05) is 7.11 Å². The van der Waals surface area contributed by atoms with Gasteiger partial charge in [0.25, 0.3) is 0 Å². The summed E-state index contributed by atoms with van der Waals surface area (Å²) in [6, 6.07) is 9.88. The van der Waals surface area contributed by atoms with E-state index in [4.69, 9.17) is 4.74 Å². The number of nitrogens with zero attached hydrogens (tertiary/aromatic N) is 3. The van der Waals surface area contributed by atoms with Crippen molar-refractivity contribution in [3.8, 4) is 28.7 Å². The predicted molar refractivity (Wildman–Crippen MR) is 71.6 cm³/mol. The number of aromatic amines is 1. The summed E-state index contributed by atoms with van der Waals surface area (Å²) in [5.41, 5.74) is 0.928. The molecule has 3 aromatic rings. The molecule has 100 valence electrons. The third-order valence-electron chi connectivity index (χ3n) is 2.81. The molecule has 0 aliphatic heterocycles. The Morgan fingerprint density at radius 3 is 2.85 bits per heavy atom. The highest BCUT2D eigenvalue weighted by molar-refractivity contribution is 5.61. The lowest BCUT2D eigenvalue weighted by atomic mass is 10.2. The fourth-order valence-electron chi connectivity index (χ4n) is 1.80. The minimum atomic E-state index is -0.394. The number of pyridine rings is 1. The van der Waals surface area contributed by atoms with Crippen LogP contribution in [0.4, 0.5) is 4.39 Å². The van der Waals surface area contributed by atoms with Gasteiger partial charge < -0.3 is 4.74 Å². The van der Waals surface area contributed by atoms with Gasteiger partial charge in [-0.15, -0.1) is 0 Å². The maximum atomic E-state index is 13.8. The van der Waals surface area contributed by atoms with Crippen LogP contribution in [-0.4, -0.2) is 27.3 Å². The molecular weight excluding hydrogens is 259 g/mol. The number of aromatic nitrogens is 4. The highest BCUT2D eigenvalue weighted by Crippen LogP contribution is 2.25. The van der Waals surface area contributed by atoms with E-state index in [-0.39, 0.29) is 0 Å². The van der Waals surface area contributed by atoms with Crippen molar-refractivity contribution in [1.29, 1.82) is 0 Å². The quantitative estimate of drug-likeness (QED) is 0.794. The molecule has 0 radical (unpaired) electrons. The van der Waals surface area contributed by atoms with Crippen molar-refractivity contribution in [2.45, 2.75) is 0 Å². The van der Waals surface area contributed by atoms with Crippen molar-refractivity contribution in [3.63, 3.8) is 0 Å². The van der Waals surface area contributed by atoms with Gasteiger partial charge in [-0.05, 0) is 30.3 Å². The van der Waals surface area contributed by atoms with Crippen molar-refractivity contribution in [2.24, 2.45) is 0 Å². The first-order valence-corrected chi connectivity index (χ1v) is 5.95. The Morgan fingerprint density at radius 2 is 2.10 bits per heavy atom. The Kier molecular flexibility index (Phi) is 3.12. The fraction of sp³-hybridized carbons (Fsp3) is 0.0714. The van der Waals surface area contributed by atoms with Gasteiger partial charge in [-0.3, -0.25) is 10.1 Å². The van der Waals surface area contributed by atoms with Crippen LogP contribution in [0.3, 0.4) is 0 Å². The van der Waals surface area contributed by atoms with Crippen LogP contribution >= 0.6 is 0 Å². The van der Waals surface area contributed by atoms with Gasteiger partial charge in [-0.25, -0.2) is 9.37 Å². The van der Waals surface area contributed by atoms with E-state index in [1.807, 2.05) is 6.07 Å². The van der Waals surface area contributed by atoms with Crippen LogP contribution in [0.15, 0.2) is 42.6 Å². The molecule has 0 aliphatic carbocycles. The summed E-state index contributed by atoms with van der Waals surface area (Å²) in [7, 11) is 1.52. The number of rotatable bonds is 3. The fourth-order valence-corrected chi connectivity index (χ4v) is 1.80. The van der Waals surface area contributed by atoms with E-state index in [0.29, 0.717) is 28.7 Å². The number of nitrogens with one attached hydrogen (secondary N) is 1. The third kappa shape index (κ3) is 2.23. The lowest BCUT2D eigenvalue weighted by molar-refractivity contribution is 0.414. The molecule has 0 spiro atoms. The van der Waals surface area contributed by atoms with E-state index in [2.05, 4.69) is 20.2 Å². The maximum Gasteiger partial charge on any atom is 0.200 e. The Bertz CT molecular complexity index is 727. The molecule has 0 aliphatic rings. The van der Waals surface area contributed by atoms with Crippen molar-refractivity contribution in [1.82, 2.24) is 20.2 Å². The third-order valence-corrected chi connectivity index (χ3v) is 2.81. The first-order valence-electron chi connectivity index (χ1n) is 5.95. The second-order valence-corrected chi connectivity index (χ2v) is 4.07. The zero-order chi connectivity index (χ0) is 13.9. The largest absolute Gasteiger partial charge is 0.497 e. The van der Waals surface area contributed by atoms with Crippen molar-refractivity contribution < 1.29 is 9.13 Å². The molecule has 1 aromatic carbocycles. The lowest BCUT2D eigenvalue weighted by Gasteiger charge is -2.02. The number of halogens is 1. The van der Waals surface area contributed by atoms with E-state index < -0.39 is 5.82 Å². The summed E-state index contributed by atoms with van der Waals surface area (Å²) in [5, 5.41) is 6.77. The van der Waals surface area contributed by atoms with Gasteiger partial charge in [-0.1, -0.05) is 6.07 Å². The van der Waals surface area contributed by atoms with Gasteiger partial charge in [0.15, 0.2) is 11.6 Å². The summed E-state index contributed by atoms with van der Waals surface area (Å²) in [5.74, 6) is 0.913. The normalized spacial score (nSPS) is 10.5. The molecule has 0 saturated heterocycles. The monoisotopic (exact) mass is 270 g/mol. The Morgan fingerprint density at radius 1 is 1.20 bits per heavy atom. The Balaban J connectivity index is 2.02. The molecule has 2 heterocycles. The van der Waals surface area contributed by atoms with Crippen LogP contribution in [0.25, 0.3) is 22.9 Å². The van der Waals surface area contributed by atoms with Crippen LogP contribution < -0.4 is 4.74 Å². The summed E-state index contributed by atoms with van der Waals surface area (Å²) < 4.78 is 18.9. The summed E-state index contributed by atoms with van der Waals surface area (Å²) >= 11 is 0. The standard InChI is InChI=1S/C14H11FN4O/c1-20-9-5-6-11(15)10(8-9)13-17-14(19-18-13)12-4-2-3-7-16-12/h2-8H,1H3,(H,17,18,19). The smallest absolute Gasteiger partial charge is 0.200 e. The summed E-state index contributed by atoms with van der Waals surface area (Å²) in [6.07, 6.45) is 1.65. The van der Waals surface area contributed by atoms with Crippen molar-refractivity contribution >= 4 is 0 Å². The number of hydrogen-bond acceptors (Lipinski definition) is 4. The SMILES string of the molecule is COc1ccc(F)c(-c2nc(-c3ccccn3)n[nH]2)c1. The molecule has 0 atom stereocenters. The average Bonchev–Trinajstić information content (AvgIpc) is 2.98. The Hall–Kier alpha value is -2.76. The zero-order valence-corrected chi connectivity index (χ0v) is 10.7. The number of hydrogen-bond donors (Lipinski definition) is 1. The number of ether oxygens (including phenoxy) is 1. The zero-order valence-electron chi connectivity index (χ0n) is 10.7. The van der Waals surface area contributed by atoms with E-state index in [0.717, 1.165) is 0 Å². The molecule has 0 bridgehead atoms. The average molecular weight is 270 g/mol. The number of methoxy groups -OCH3 is 1. The lowest BCUT2D eigenvalue weighted by Crippen LogP contribution is -1.90. The van der Waals surface area contributed by atoms with Crippen LogP contribution in [0.5, 0.6) is 5.75 Å². The van der Waals surface area contributed by atoms with E-state index in [1.165, 1.54) is 13.2 Å². The van der Waals surface area contributed by atoms with Gasteiger partial charge in [-0.2, -0.15) is 5.10 Å². The second kappa shape index (κ2) is 5.08. The topological polar surface area (TPSA) is 63.7 Å². The number of benzene rings is 1. The molecular formula is C14H11FN4O. The van der Waals surface area contributed by atoms with Crippen LogP contribution in [0.2, 0.25) is 0 Å². The van der Waals surface area contributed by atoms with E-state index in [1.54, 1.807) is 30.5 Å². The molecule has 0 saturated carbocycles. The Labute approximate surface area is 114 Å². The van der Waals surface area contributed by atoms with Crippen LogP contribution in [0, 0.1) is 5.82 Å². The predicted octanol–water partition coefficient (Wildman–Crippen LogP) is 2.68. The summed E-state index contributed by atoms with van der Waals surface area (Å²) in [4.78, 5) is 8.41. The molecule has 5 nitrogen and oxygen atoms in total. The summed E-state index contributed by atoms with van der Waals surface area (Å²) in [6.45, 7) is 0. The molecule has 0 unspecified atom stereocenters. The van der Waals surface area contributed by atoms with E-state index >= 15 is 0 Å². The second-order valence-electron chi connectivity index (χ2n) is 4.07. The molecule has 2 aromatic heterocycles. The number of H-pyrrole nitrogens is 1. The van der Waals surface area contributed by atoms with Gasteiger partial charge in [0.05, 0.1) is 12.7 Å². The highest BCUT2D eigenvalue weighted by Gasteiger charge is 2.13. The molecule has 0 amide bonds. The maximum absolute atomic E-state index is 13.8. The molecule has 0 fully saturated rings. The van der Waals surface area contributed by atoms with Gasteiger partial charge in [0, 0.05) is 6.20 Å². The molecule has 20 heavy (non-hydrogen) atoms. The van der Waals surface area contributed by atoms with Gasteiger partial charge >= 0.3 is 0 Å². The first-order chi connectivity index (χ1) is 9.78. The van der Waals surface area contributed by atoms with Gasteiger partial charge in [0.1, 0.15) is 17.3 Å². The minimum Gasteiger partial charge on any atom is -0.497 e. The van der Waals surface area contributed by atoms with Crippen LogP contribution in [0.1, 0.15) is 0 Å². The first kappa shape index (κ1) is 12.3. The molecule has 6 heteroatoms. The molecule has 1 N–H and O–H groups in total.